The Kier molecular flexibility index (Phi) is 7.04. The van der Waals surface area contributed by atoms with Crippen LogP contribution in [0.3, 0.4) is 0 Å². The van der Waals surface area contributed by atoms with E-state index >= 15 is 0 Å². The second kappa shape index (κ2) is 8.93. The fraction of sp³-hybridized carbons (Fsp3) is 0.316. The first-order valence-corrected chi connectivity index (χ1v) is 12.0. The molecule has 0 aliphatic heterocycles. The highest BCUT2D eigenvalue weighted by Gasteiger charge is 2.23. The number of hydrogen-bond acceptors (Lipinski definition) is 6. The van der Waals surface area contributed by atoms with E-state index in [1.165, 1.54) is 50.6 Å². The first-order chi connectivity index (χ1) is 13.4. The van der Waals surface area contributed by atoms with Gasteiger partial charge in [0.1, 0.15) is 5.75 Å². The molecule has 0 aromatic heterocycles. The molecule has 10 heteroatoms. The van der Waals surface area contributed by atoms with Crippen molar-refractivity contribution in [1.82, 2.24) is 9.62 Å². The topological polar surface area (TPSA) is 110 Å². The summed E-state index contributed by atoms with van der Waals surface area (Å²) in [6.45, 7) is 1.37. The van der Waals surface area contributed by atoms with E-state index in [9.17, 15) is 21.6 Å². The van der Waals surface area contributed by atoms with E-state index in [1.807, 2.05) is 0 Å². The van der Waals surface area contributed by atoms with Crippen LogP contribution < -0.4 is 10.1 Å². The van der Waals surface area contributed by atoms with Gasteiger partial charge in [-0.15, -0.1) is 0 Å². The Hall–Kier alpha value is -2.43. The van der Waals surface area contributed by atoms with Crippen LogP contribution in [0.5, 0.6) is 5.75 Å². The molecule has 2 aromatic carbocycles. The Morgan fingerprint density at radius 1 is 1.00 bits per heavy atom. The van der Waals surface area contributed by atoms with Crippen LogP contribution in [0.4, 0.5) is 0 Å². The molecule has 0 aliphatic rings. The van der Waals surface area contributed by atoms with Gasteiger partial charge in [-0.2, -0.15) is 4.31 Å². The number of sulfonamides is 1. The maximum absolute atomic E-state index is 12.6. The minimum absolute atomic E-state index is 0.0537. The maximum Gasteiger partial charge on any atom is 0.243 e. The van der Waals surface area contributed by atoms with Crippen LogP contribution in [0.2, 0.25) is 0 Å². The zero-order valence-corrected chi connectivity index (χ0v) is 18.2. The number of carbonyl (C=O) groups is 1. The van der Waals surface area contributed by atoms with Gasteiger partial charge in [-0.05, 0) is 48.9 Å². The third-order valence-electron chi connectivity index (χ3n) is 4.32. The molecule has 8 nitrogen and oxygen atoms in total. The molecule has 0 bridgehead atoms. The summed E-state index contributed by atoms with van der Waals surface area (Å²) in [4.78, 5) is 12.5. The number of rotatable bonds is 8. The molecule has 1 atom stereocenters. The summed E-state index contributed by atoms with van der Waals surface area (Å²) >= 11 is 0. The minimum Gasteiger partial charge on any atom is -0.497 e. The van der Waals surface area contributed by atoms with Gasteiger partial charge >= 0.3 is 0 Å². The summed E-state index contributed by atoms with van der Waals surface area (Å²) in [6.07, 6.45) is 1.12. The highest BCUT2D eigenvalue weighted by Crippen LogP contribution is 2.19. The van der Waals surface area contributed by atoms with Crippen molar-refractivity contribution >= 4 is 25.8 Å². The third kappa shape index (κ3) is 5.78. The number of amides is 1. The number of nitrogens with one attached hydrogen (secondary N) is 1. The third-order valence-corrected chi connectivity index (χ3v) is 7.27. The van der Waals surface area contributed by atoms with Gasteiger partial charge in [-0.1, -0.05) is 12.1 Å². The molecule has 1 amide bonds. The molecule has 158 valence electrons. The Balaban J connectivity index is 2.03. The summed E-state index contributed by atoms with van der Waals surface area (Å²) in [6, 6.07) is 11.6. The van der Waals surface area contributed by atoms with Crippen molar-refractivity contribution in [2.75, 3.05) is 27.0 Å². The highest BCUT2D eigenvalue weighted by atomic mass is 32.2. The van der Waals surface area contributed by atoms with Crippen molar-refractivity contribution in [1.29, 1.82) is 0 Å². The predicted octanol–water partition coefficient (Wildman–Crippen LogP) is 1.60. The van der Waals surface area contributed by atoms with E-state index in [1.54, 1.807) is 19.1 Å². The zero-order chi connectivity index (χ0) is 21.8. The second-order valence-corrected chi connectivity index (χ2v) is 10.6. The number of nitrogens with zero attached hydrogens (tertiary/aromatic N) is 1. The van der Waals surface area contributed by atoms with Crippen molar-refractivity contribution < 1.29 is 26.4 Å². The van der Waals surface area contributed by atoms with Crippen molar-refractivity contribution in [3.63, 3.8) is 0 Å². The molecule has 0 heterocycles. The molecular weight excluding hydrogens is 416 g/mol. The van der Waals surface area contributed by atoms with Crippen molar-refractivity contribution in [3.05, 3.63) is 54.1 Å². The van der Waals surface area contributed by atoms with Gasteiger partial charge in [0.2, 0.25) is 15.9 Å². The molecule has 0 aliphatic carbocycles. The molecule has 0 fully saturated rings. The van der Waals surface area contributed by atoms with Crippen LogP contribution >= 0.6 is 0 Å². The summed E-state index contributed by atoms with van der Waals surface area (Å²) in [5.41, 5.74) is 0.700. The molecule has 2 aromatic rings. The lowest BCUT2D eigenvalue weighted by Gasteiger charge is -2.19. The van der Waals surface area contributed by atoms with Crippen LogP contribution in [-0.2, 0) is 24.7 Å². The van der Waals surface area contributed by atoms with Crippen LogP contribution in [0.15, 0.2) is 58.3 Å². The highest BCUT2D eigenvalue weighted by molar-refractivity contribution is 7.90. The lowest BCUT2D eigenvalue weighted by Crippen LogP contribution is -2.39. The normalized spacial score (nSPS) is 13.1. The van der Waals surface area contributed by atoms with E-state index in [0.29, 0.717) is 11.3 Å². The molecule has 0 radical (unpaired) electrons. The van der Waals surface area contributed by atoms with E-state index in [0.717, 1.165) is 10.6 Å². The SMILES string of the molecule is COc1ccc(S(=O)(=O)N(C)CC(=O)NC(C)c2ccc(S(C)(=O)=O)cc2)cc1. The van der Waals surface area contributed by atoms with Gasteiger partial charge < -0.3 is 10.1 Å². The standard InChI is InChI=1S/C19H24N2O6S2/c1-14(15-5-9-17(10-6-15)28(4,23)24)20-19(22)13-21(2)29(25,26)18-11-7-16(27-3)8-12-18/h5-12,14H,13H2,1-4H3,(H,20,22). The van der Waals surface area contributed by atoms with E-state index in [2.05, 4.69) is 5.32 Å². The number of sulfone groups is 1. The molecular formula is C19H24N2O6S2. The van der Waals surface area contributed by atoms with Gasteiger partial charge in [0.05, 0.1) is 29.5 Å². The number of benzene rings is 2. The monoisotopic (exact) mass is 440 g/mol. The number of hydrogen-bond donors (Lipinski definition) is 1. The molecule has 0 spiro atoms. The van der Waals surface area contributed by atoms with Crippen LogP contribution in [0.1, 0.15) is 18.5 Å². The summed E-state index contributed by atoms with van der Waals surface area (Å²) in [5, 5.41) is 2.71. The van der Waals surface area contributed by atoms with Crippen LogP contribution in [-0.4, -0.2) is 54.0 Å². The Bertz CT molecular complexity index is 1060. The van der Waals surface area contributed by atoms with Gasteiger partial charge in [-0.25, -0.2) is 16.8 Å². The van der Waals surface area contributed by atoms with Crippen LogP contribution in [0.25, 0.3) is 0 Å². The summed E-state index contributed by atoms with van der Waals surface area (Å²) in [7, 11) is -4.33. The Labute approximate surface area is 171 Å². The van der Waals surface area contributed by atoms with Gasteiger partial charge in [-0.3, -0.25) is 4.79 Å². The van der Waals surface area contributed by atoms with E-state index in [-0.39, 0.29) is 16.3 Å². The van der Waals surface area contributed by atoms with E-state index < -0.39 is 31.8 Å². The fourth-order valence-corrected chi connectivity index (χ4v) is 4.35. The average Bonchev–Trinajstić information content (AvgIpc) is 2.67. The summed E-state index contributed by atoms with van der Waals surface area (Å²) in [5.74, 6) is 0.0457. The predicted molar refractivity (Wildman–Crippen MR) is 109 cm³/mol. The number of methoxy groups -OCH3 is 1. The number of carbonyl (C=O) groups excluding carboxylic acids is 1. The number of likely N-dealkylation sites (N-methyl/N-ethyl adjacent to an activating group) is 1. The van der Waals surface area contributed by atoms with E-state index in [4.69, 9.17) is 4.74 Å². The van der Waals surface area contributed by atoms with Gasteiger partial charge in [0.15, 0.2) is 9.84 Å². The molecule has 2 rings (SSSR count). The Morgan fingerprint density at radius 2 is 1.52 bits per heavy atom. The molecule has 1 N–H and O–H groups in total. The van der Waals surface area contributed by atoms with Crippen molar-refractivity contribution in [3.8, 4) is 5.75 Å². The van der Waals surface area contributed by atoms with Crippen molar-refractivity contribution in [2.24, 2.45) is 0 Å². The first kappa shape index (κ1) is 22.9. The van der Waals surface area contributed by atoms with Crippen molar-refractivity contribution in [2.45, 2.75) is 22.8 Å². The zero-order valence-electron chi connectivity index (χ0n) is 16.6. The second-order valence-electron chi connectivity index (χ2n) is 6.57. The average molecular weight is 441 g/mol. The molecule has 1 unspecified atom stereocenters. The fourth-order valence-electron chi connectivity index (χ4n) is 2.59. The minimum atomic E-state index is -3.83. The molecule has 0 saturated heterocycles. The largest absolute Gasteiger partial charge is 0.497 e. The molecule has 29 heavy (non-hydrogen) atoms. The van der Waals surface area contributed by atoms with Crippen LogP contribution in [0, 0.1) is 0 Å². The van der Waals surface area contributed by atoms with Gasteiger partial charge in [0, 0.05) is 13.3 Å². The quantitative estimate of drug-likeness (QED) is 0.668. The molecule has 0 saturated carbocycles. The lowest BCUT2D eigenvalue weighted by atomic mass is 10.1. The number of ether oxygens (including phenoxy) is 1. The maximum atomic E-state index is 12.6. The lowest BCUT2D eigenvalue weighted by molar-refractivity contribution is -0.121. The smallest absolute Gasteiger partial charge is 0.243 e. The summed E-state index contributed by atoms with van der Waals surface area (Å²) < 4.78 is 54.2. The first-order valence-electron chi connectivity index (χ1n) is 8.65. The Morgan fingerprint density at radius 3 is 2.00 bits per heavy atom. The van der Waals surface area contributed by atoms with Gasteiger partial charge in [0.25, 0.3) is 0 Å².